The van der Waals surface area contributed by atoms with E-state index in [9.17, 15) is 14.4 Å². The quantitative estimate of drug-likeness (QED) is 0.280. The van der Waals surface area contributed by atoms with Gasteiger partial charge in [-0.05, 0) is 16.7 Å². The minimum absolute atomic E-state index is 0.699. The van der Waals surface area contributed by atoms with E-state index in [-0.39, 0.29) is 0 Å². The summed E-state index contributed by atoms with van der Waals surface area (Å²) in [6, 6.07) is 27.3. The van der Waals surface area contributed by atoms with E-state index in [1.165, 1.54) is 0 Å². The van der Waals surface area contributed by atoms with E-state index in [0.29, 0.717) is 16.7 Å². The lowest BCUT2D eigenvalue weighted by atomic mass is 10.2. The topological polar surface area (TPSA) is 66.0 Å². The van der Waals surface area contributed by atoms with Gasteiger partial charge in [0.15, 0.2) is 0 Å². The first kappa shape index (κ1) is 23.7. The fraction of sp³-hybridized carbons (Fsp3) is 0.125. The zero-order valence-electron chi connectivity index (χ0n) is 17.1. The first-order valence-corrected chi connectivity index (χ1v) is 12.7. The Hall–Kier alpha value is -2.49. The molecule has 1 aromatic heterocycles. The van der Waals surface area contributed by atoms with Gasteiger partial charge >= 0.3 is 17.1 Å². The van der Waals surface area contributed by atoms with Gasteiger partial charge < -0.3 is 0 Å². The van der Waals surface area contributed by atoms with Crippen LogP contribution in [0.2, 0.25) is 0 Å². The molecule has 4 aromatic rings. The van der Waals surface area contributed by atoms with Crippen molar-refractivity contribution in [1.29, 1.82) is 0 Å². The number of halogens is 3. The molecule has 3 aromatic carbocycles. The third-order valence-corrected chi connectivity index (χ3v) is 7.95. The highest BCUT2D eigenvalue weighted by Crippen LogP contribution is 2.26. The van der Waals surface area contributed by atoms with Crippen molar-refractivity contribution in [2.45, 2.75) is 14.9 Å². The lowest BCUT2D eigenvalue weighted by Gasteiger charge is -2.22. The van der Waals surface area contributed by atoms with Gasteiger partial charge in [0, 0.05) is 0 Å². The molecule has 0 bridgehead atoms. The van der Waals surface area contributed by atoms with Crippen molar-refractivity contribution in [2.24, 2.45) is 0 Å². The normalized spacial score (nSPS) is 13.9. The molecule has 0 amide bonds. The third-order valence-electron chi connectivity index (χ3n) is 5.14. The van der Waals surface area contributed by atoms with Crippen molar-refractivity contribution < 1.29 is 0 Å². The molecule has 0 saturated carbocycles. The van der Waals surface area contributed by atoms with Crippen molar-refractivity contribution in [2.75, 3.05) is 0 Å². The molecular formula is C24H18Br3N3O3. The van der Waals surface area contributed by atoms with Crippen LogP contribution in [-0.4, -0.2) is 13.7 Å². The predicted octanol–water partition coefficient (Wildman–Crippen LogP) is 5.00. The summed E-state index contributed by atoms with van der Waals surface area (Å²) in [6.45, 7) is 0. The predicted molar refractivity (Wildman–Crippen MR) is 140 cm³/mol. The Bertz CT molecular complexity index is 1210. The number of alkyl halides is 3. The van der Waals surface area contributed by atoms with Crippen LogP contribution in [0.3, 0.4) is 0 Å². The van der Waals surface area contributed by atoms with Gasteiger partial charge in [-0.25, -0.2) is 28.1 Å². The molecule has 4 rings (SSSR count). The number of nitrogens with zero attached hydrogens (tertiary/aromatic N) is 3. The summed E-state index contributed by atoms with van der Waals surface area (Å²) in [5, 5.41) is 0. The Morgan fingerprint density at radius 1 is 0.424 bits per heavy atom. The molecule has 0 radical (unpaired) electrons. The number of hydrogen-bond acceptors (Lipinski definition) is 3. The highest BCUT2D eigenvalue weighted by atomic mass is 79.9. The monoisotopic (exact) mass is 633 g/mol. The summed E-state index contributed by atoms with van der Waals surface area (Å²) >= 11 is 10.5. The minimum atomic E-state index is -0.775. The SMILES string of the molecule is O=c1n(C(Br)c2ccccc2)c(=O)n(C(Br)c2ccccc2)c(=O)n1C(Br)c1ccccc1. The van der Waals surface area contributed by atoms with Gasteiger partial charge in [-0.15, -0.1) is 0 Å². The Morgan fingerprint density at radius 3 is 0.848 bits per heavy atom. The number of rotatable bonds is 6. The maximum absolute atomic E-state index is 13.6. The molecular weight excluding hydrogens is 618 g/mol. The standard InChI is InChI=1S/C24H18Br3N3O3/c25-19(16-10-4-1-5-11-16)28-22(31)29(20(26)17-12-6-2-7-13-17)24(33)30(23(28)32)21(27)18-14-8-3-9-15-18/h1-15,19-21H. The minimum Gasteiger partial charge on any atom is -0.247 e. The molecule has 0 N–H and O–H groups in total. The smallest absolute Gasteiger partial charge is 0.247 e. The van der Waals surface area contributed by atoms with Gasteiger partial charge in [0.2, 0.25) is 0 Å². The molecule has 3 unspecified atom stereocenters. The molecule has 0 aliphatic heterocycles. The lowest BCUT2D eigenvalue weighted by Crippen LogP contribution is -2.56. The molecule has 0 aliphatic rings. The summed E-state index contributed by atoms with van der Waals surface area (Å²) in [6.07, 6.45) is 0. The van der Waals surface area contributed by atoms with Crippen LogP contribution in [0.15, 0.2) is 105 Å². The molecule has 168 valence electrons. The Morgan fingerprint density at radius 2 is 0.636 bits per heavy atom. The molecule has 33 heavy (non-hydrogen) atoms. The van der Waals surface area contributed by atoms with Gasteiger partial charge in [-0.2, -0.15) is 0 Å². The van der Waals surface area contributed by atoms with Crippen LogP contribution in [0, 0.1) is 0 Å². The second-order valence-corrected chi connectivity index (χ2v) is 9.80. The largest absolute Gasteiger partial charge is 0.338 e. The fourth-order valence-corrected chi connectivity index (χ4v) is 5.42. The lowest BCUT2D eigenvalue weighted by molar-refractivity contribution is 0.487. The molecule has 0 spiro atoms. The third kappa shape index (κ3) is 4.62. The Kier molecular flexibility index (Phi) is 7.31. The van der Waals surface area contributed by atoms with Crippen LogP contribution in [-0.2, 0) is 0 Å². The maximum atomic E-state index is 13.6. The molecule has 0 aliphatic carbocycles. The summed E-state index contributed by atoms with van der Waals surface area (Å²) in [5.41, 5.74) is -0.0956. The molecule has 0 saturated heterocycles. The number of hydrogen-bond donors (Lipinski definition) is 0. The summed E-state index contributed by atoms with van der Waals surface area (Å²) in [4.78, 5) is 38.4. The average Bonchev–Trinajstić information content (AvgIpc) is 2.85. The van der Waals surface area contributed by atoms with Gasteiger partial charge in [0.25, 0.3) is 0 Å². The van der Waals surface area contributed by atoms with Gasteiger partial charge in [-0.3, -0.25) is 0 Å². The van der Waals surface area contributed by atoms with E-state index < -0.39 is 31.9 Å². The van der Waals surface area contributed by atoms with Crippen LogP contribution < -0.4 is 17.1 Å². The van der Waals surface area contributed by atoms with Crippen LogP contribution in [0.4, 0.5) is 0 Å². The number of aromatic nitrogens is 3. The van der Waals surface area contributed by atoms with Crippen LogP contribution >= 0.6 is 47.8 Å². The molecule has 0 fully saturated rings. The van der Waals surface area contributed by atoms with Crippen molar-refractivity contribution in [3.8, 4) is 0 Å². The Labute approximate surface area is 214 Å². The van der Waals surface area contributed by atoms with Crippen LogP contribution in [0.25, 0.3) is 0 Å². The van der Waals surface area contributed by atoms with Crippen molar-refractivity contribution >= 4 is 47.8 Å². The van der Waals surface area contributed by atoms with Gasteiger partial charge in [-0.1, -0.05) is 139 Å². The van der Waals surface area contributed by atoms with Crippen molar-refractivity contribution in [1.82, 2.24) is 13.7 Å². The highest BCUT2D eigenvalue weighted by molar-refractivity contribution is 9.09. The molecule has 6 nitrogen and oxygen atoms in total. The first-order chi connectivity index (χ1) is 15.9. The van der Waals surface area contributed by atoms with E-state index in [0.717, 1.165) is 13.7 Å². The van der Waals surface area contributed by atoms with E-state index in [1.54, 1.807) is 36.4 Å². The van der Waals surface area contributed by atoms with E-state index in [2.05, 4.69) is 47.8 Å². The summed E-state index contributed by atoms with van der Waals surface area (Å²) in [5.74, 6) is 0. The molecule has 1 heterocycles. The van der Waals surface area contributed by atoms with Gasteiger partial charge in [0.1, 0.15) is 14.9 Å². The Balaban J connectivity index is 2.02. The number of benzene rings is 3. The highest BCUT2D eigenvalue weighted by Gasteiger charge is 2.28. The average molecular weight is 636 g/mol. The fourth-order valence-electron chi connectivity index (χ4n) is 3.46. The maximum Gasteiger partial charge on any atom is 0.338 e. The van der Waals surface area contributed by atoms with E-state index in [4.69, 9.17) is 0 Å². The van der Waals surface area contributed by atoms with E-state index in [1.807, 2.05) is 54.6 Å². The zero-order valence-corrected chi connectivity index (χ0v) is 21.9. The van der Waals surface area contributed by atoms with Gasteiger partial charge in [0.05, 0.1) is 0 Å². The molecule has 3 atom stereocenters. The second-order valence-electron chi connectivity index (χ2n) is 7.20. The first-order valence-electron chi connectivity index (χ1n) is 9.98. The van der Waals surface area contributed by atoms with Crippen molar-refractivity contribution in [3.63, 3.8) is 0 Å². The summed E-state index contributed by atoms with van der Waals surface area (Å²) in [7, 11) is 0. The second kappa shape index (κ2) is 10.2. The summed E-state index contributed by atoms with van der Waals surface area (Å²) < 4.78 is 3.14. The van der Waals surface area contributed by atoms with Crippen LogP contribution in [0.1, 0.15) is 31.5 Å². The zero-order chi connectivity index (χ0) is 23.5. The van der Waals surface area contributed by atoms with E-state index >= 15 is 0 Å². The van der Waals surface area contributed by atoms with Crippen molar-refractivity contribution in [3.05, 3.63) is 139 Å². The van der Waals surface area contributed by atoms with Crippen LogP contribution in [0.5, 0.6) is 0 Å². The molecule has 9 heteroatoms.